The SMILES string of the molecule is C=CCN1C(=O)C(c2ccccc2)=C(N(CCN(C)C)c2ccccc2)C1=O. The van der Waals surface area contributed by atoms with Gasteiger partial charge in [0.15, 0.2) is 0 Å². The van der Waals surface area contributed by atoms with Gasteiger partial charge in [0.2, 0.25) is 0 Å². The average molecular weight is 375 g/mol. The van der Waals surface area contributed by atoms with Gasteiger partial charge in [-0.3, -0.25) is 14.5 Å². The summed E-state index contributed by atoms with van der Waals surface area (Å²) >= 11 is 0. The summed E-state index contributed by atoms with van der Waals surface area (Å²) in [5, 5.41) is 0. The highest BCUT2D eigenvalue weighted by molar-refractivity contribution is 6.36. The molecule has 2 amide bonds. The van der Waals surface area contributed by atoms with Crippen LogP contribution in [0, 0.1) is 0 Å². The number of nitrogens with zero attached hydrogens (tertiary/aromatic N) is 3. The Hall–Kier alpha value is -3.18. The van der Waals surface area contributed by atoms with E-state index >= 15 is 0 Å². The van der Waals surface area contributed by atoms with Crippen molar-refractivity contribution < 1.29 is 9.59 Å². The summed E-state index contributed by atoms with van der Waals surface area (Å²) in [5.41, 5.74) is 2.49. The van der Waals surface area contributed by atoms with E-state index < -0.39 is 0 Å². The molecule has 0 radical (unpaired) electrons. The first-order valence-corrected chi connectivity index (χ1v) is 9.28. The quantitative estimate of drug-likeness (QED) is 0.526. The van der Waals surface area contributed by atoms with Gasteiger partial charge in [-0.15, -0.1) is 6.58 Å². The second kappa shape index (κ2) is 8.67. The average Bonchev–Trinajstić information content (AvgIpc) is 2.95. The molecular weight excluding hydrogens is 350 g/mol. The Bertz CT molecular complexity index is 889. The van der Waals surface area contributed by atoms with Gasteiger partial charge >= 0.3 is 0 Å². The fourth-order valence-corrected chi connectivity index (χ4v) is 3.25. The fraction of sp³-hybridized carbons (Fsp3) is 0.217. The number of amides is 2. The van der Waals surface area contributed by atoms with Gasteiger partial charge in [0, 0.05) is 25.3 Å². The Morgan fingerprint density at radius 2 is 1.50 bits per heavy atom. The smallest absolute Gasteiger partial charge is 0.278 e. The highest BCUT2D eigenvalue weighted by Gasteiger charge is 2.41. The number of anilines is 1. The van der Waals surface area contributed by atoms with Crippen molar-refractivity contribution in [3.8, 4) is 0 Å². The molecule has 5 nitrogen and oxygen atoms in total. The molecule has 144 valence electrons. The van der Waals surface area contributed by atoms with Crippen molar-refractivity contribution in [2.45, 2.75) is 0 Å². The van der Waals surface area contributed by atoms with Crippen molar-refractivity contribution in [2.75, 3.05) is 38.6 Å². The topological polar surface area (TPSA) is 43.9 Å². The van der Waals surface area contributed by atoms with Crippen LogP contribution in [0.2, 0.25) is 0 Å². The minimum absolute atomic E-state index is 0.188. The van der Waals surface area contributed by atoms with Gasteiger partial charge in [0.1, 0.15) is 5.70 Å². The van der Waals surface area contributed by atoms with Crippen LogP contribution in [-0.2, 0) is 9.59 Å². The Morgan fingerprint density at radius 3 is 2.07 bits per heavy atom. The van der Waals surface area contributed by atoms with E-state index in [9.17, 15) is 9.59 Å². The van der Waals surface area contributed by atoms with Crippen LogP contribution in [0.25, 0.3) is 5.57 Å². The molecule has 0 atom stereocenters. The molecule has 0 aromatic heterocycles. The largest absolute Gasteiger partial charge is 0.335 e. The number of hydrogen-bond acceptors (Lipinski definition) is 4. The summed E-state index contributed by atoms with van der Waals surface area (Å²) in [5.74, 6) is -0.566. The van der Waals surface area contributed by atoms with Crippen molar-refractivity contribution in [1.82, 2.24) is 9.80 Å². The molecule has 0 bridgehead atoms. The van der Waals surface area contributed by atoms with Crippen molar-refractivity contribution in [3.63, 3.8) is 0 Å². The first kappa shape index (κ1) is 19.6. The summed E-state index contributed by atoms with van der Waals surface area (Å²) in [7, 11) is 3.97. The second-order valence-electron chi connectivity index (χ2n) is 6.89. The lowest BCUT2D eigenvalue weighted by atomic mass is 10.0. The molecule has 0 saturated heterocycles. The fourth-order valence-electron chi connectivity index (χ4n) is 3.25. The van der Waals surface area contributed by atoms with E-state index in [2.05, 4.69) is 11.5 Å². The lowest BCUT2D eigenvalue weighted by Crippen LogP contribution is -2.37. The number of benzene rings is 2. The molecule has 2 aromatic carbocycles. The first-order valence-electron chi connectivity index (χ1n) is 9.28. The Balaban J connectivity index is 2.17. The van der Waals surface area contributed by atoms with Gasteiger partial charge in [-0.05, 0) is 31.8 Å². The molecule has 3 rings (SSSR count). The Labute approximate surface area is 166 Å². The third-order valence-corrected chi connectivity index (χ3v) is 4.63. The minimum atomic E-state index is -0.286. The molecule has 0 spiro atoms. The van der Waals surface area contributed by atoms with Crippen LogP contribution >= 0.6 is 0 Å². The van der Waals surface area contributed by atoms with Crippen LogP contribution < -0.4 is 4.90 Å². The highest BCUT2D eigenvalue weighted by Crippen LogP contribution is 2.34. The van der Waals surface area contributed by atoms with E-state index in [1.165, 1.54) is 4.90 Å². The van der Waals surface area contributed by atoms with Gasteiger partial charge < -0.3 is 9.80 Å². The van der Waals surface area contributed by atoms with Gasteiger partial charge in [0.25, 0.3) is 11.8 Å². The van der Waals surface area contributed by atoms with Crippen molar-refractivity contribution >= 4 is 23.1 Å². The third kappa shape index (κ3) is 3.89. The van der Waals surface area contributed by atoms with E-state index in [-0.39, 0.29) is 18.4 Å². The molecule has 0 N–H and O–H groups in total. The monoisotopic (exact) mass is 375 g/mol. The zero-order valence-electron chi connectivity index (χ0n) is 16.3. The van der Waals surface area contributed by atoms with E-state index in [0.717, 1.165) is 17.8 Å². The molecule has 1 heterocycles. The zero-order valence-corrected chi connectivity index (χ0v) is 16.3. The van der Waals surface area contributed by atoms with Gasteiger partial charge in [0.05, 0.1) is 5.57 Å². The second-order valence-corrected chi connectivity index (χ2v) is 6.89. The molecule has 1 aliphatic heterocycles. The van der Waals surface area contributed by atoms with Gasteiger partial charge in [-0.25, -0.2) is 0 Å². The molecule has 28 heavy (non-hydrogen) atoms. The molecule has 0 saturated carbocycles. The van der Waals surface area contributed by atoms with Crippen LogP contribution in [0.1, 0.15) is 5.56 Å². The van der Waals surface area contributed by atoms with Crippen molar-refractivity contribution in [1.29, 1.82) is 0 Å². The van der Waals surface area contributed by atoms with Crippen molar-refractivity contribution in [3.05, 3.63) is 84.6 Å². The standard InChI is InChI=1S/C23H25N3O2/c1-4-15-26-22(27)20(18-11-7-5-8-12-18)21(23(26)28)25(17-16-24(2)3)19-13-9-6-10-14-19/h4-14H,1,15-17H2,2-3H3. The highest BCUT2D eigenvalue weighted by atomic mass is 16.2. The Morgan fingerprint density at radius 1 is 0.893 bits per heavy atom. The lowest BCUT2D eigenvalue weighted by molar-refractivity contribution is -0.136. The predicted molar refractivity (Wildman–Crippen MR) is 113 cm³/mol. The van der Waals surface area contributed by atoms with Crippen LogP contribution in [0.5, 0.6) is 0 Å². The summed E-state index contributed by atoms with van der Waals surface area (Å²) in [6, 6.07) is 19.1. The van der Waals surface area contributed by atoms with E-state index in [0.29, 0.717) is 17.8 Å². The number of para-hydroxylation sites is 1. The minimum Gasteiger partial charge on any atom is -0.335 e. The normalized spacial score (nSPS) is 14.2. The lowest BCUT2D eigenvalue weighted by Gasteiger charge is -2.27. The molecule has 5 heteroatoms. The van der Waals surface area contributed by atoms with Gasteiger partial charge in [-0.2, -0.15) is 0 Å². The molecule has 0 fully saturated rings. The number of rotatable bonds is 8. The van der Waals surface area contributed by atoms with E-state index in [1.54, 1.807) is 6.08 Å². The molecule has 0 aliphatic carbocycles. The summed E-state index contributed by atoms with van der Waals surface area (Å²) in [6.45, 7) is 5.21. The summed E-state index contributed by atoms with van der Waals surface area (Å²) in [6.07, 6.45) is 1.58. The maximum absolute atomic E-state index is 13.3. The van der Waals surface area contributed by atoms with Crippen LogP contribution in [-0.4, -0.2) is 55.3 Å². The number of carbonyl (C=O) groups is 2. The van der Waals surface area contributed by atoms with Crippen molar-refractivity contribution in [2.24, 2.45) is 0 Å². The number of likely N-dealkylation sites (N-methyl/N-ethyl adjacent to an activating group) is 1. The molecule has 2 aromatic rings. The third-order valence-electron chi connectivity index (χ3n) is 4.63. The molecular formula is C23H25N3O2. The van der Waals surface area contributed by atoms with Crippen LogP contribution in [0.15, 0.2) is 79.0 Å². The number of carbonyl (C=O) groups excluding carboxylic acids is 2. The number of imide groups is 1. The maximum atomic E-state index is 13.3. The van der Waals surface area contributed by atoms with Crippen LogP contribution in [0.3, 0.4) is 0 Å². The Kier molecular flexibility index (Phi) is 6.06. The number of hydrogen-bond donors (Lipinski definition) is 0. The van der Waals surface area contributed by atoms with E-state index in [1.807, 2.05) is 79.7 Å². The molecule has 1 aliphatic rings. The maximum Gasteiger partial charge on any atom is 0.278 e. The molecule has 0 unspecified atom stereocenters. The van der Waals surface area contributed by atoms with Crippen LogP contribution in [0.4, 0.5) is 5.69 Å². The predicted octanol–water partition coefficient (Wildman–Crippen LogP) is 3.02. The summed E-state index contributed by atoms with van der Waals surface area (Å²) < 4.78 is 0. The summed E-state index contributed by atoms with van der Waals surface area (Å²) in [4.78, 5) is 31.7. The van der Waals surface area contributed by atoms with Gasteiger partial charge in [-0.1, -0.05) is 54.6 Å². The zero-order chi connectivity index (χ0) is 20.1. The first-order chi connectivity index (χ1) is 13.5. The van der Waals surface area contributed by atoms with E-state index in [4.69, 9.17) is 0 Å².